The van der Waals surface area contributed by atoms with Crippen LogP contribution in [0.3, 0.4) is 0 Å². The average Bonchev–Trinajstić information content (AvgIpc) is 2.00. The summed E-state index contributed by atoms with van der Waals surface area (Å²) >= 11 is 8.78. The molecule has 7 heteroatoms. The molecule has 0 spiro atoms. The van der Waals surface area contributed by atoms with Crippen LogP contribution in [0.5, 0.6) is 5.75 Å². The molecule has 0 fully saturated rings. The minimum absolute atomic E-state index is 0.298. The molecule has 1 N–H and O–H groups in total. The molecule has 0 saturated carbocycles. The third kappa shape index (κ3) is 3.83. The highest BCUT2D eigenvalue weighted by Gasteiger charge is 2.07. The minimum Gasteiger partial charge on any atom is -0.474 e. The third-order valence-electron chi connectivity index (χ3n) is 1.26. The van der Waals surface area contributed by atoms with Crippen LogP contribution in [0.25, 0.3) is 0 Å². The number of hydrogen-bond donors (Lipinski definition) is 1. The lowest BCUT2D eigenvalue weighted by Gasteiger charge is -2.05. The predicted molar refractivity (Wildman–Crippen MR) is 56.2 cm³/mol. The first-order valence-corrected chi connectivity index (χ1v) is 6.19. The maximum atomic E-state index is 10.4. The summed E-state index contributed by atoms with van der Waals surface area (Å²) in [6.45, 7) is 0. The van der Waals surface area contributed by atoms with Gasteiger partial charge in [-0.3, -0.25) is 4.55 Å². The molecule has 0 aliphatic rings. The van der Waals surface area contributed by atoms with Crippen molar-refractivity contribution in [3.63, 3.8) is 0 Å². The van der Waals surface area contributed by atoms with Crippen LogP contribution in [0.2, 0.25) is 5.02 Å². The van der Waals surface area contributed by atoms with Crippen LogP contribution in [-0.2, 0) is 10.1 Å². The van der Waals surface area contributed by atoms with Gasteiger partial charge >= 0.3 is 10.1 Å². The molecule has 0 aliphatic carbocycles. The van der Waals surface area contributed by atoms with E-state index in [0.29, 0.717) is 15.2 Å². The van der Waals surface area contributed by atoms with Gasteiger partial charge in [0.25, 0.3) is 0 Å². The van der Waals surface area contributed by atoms with Gasteiger partial charge in [0.2, 0.25) is 5.94 Å². The molecule has 0 amide bonds. The summed E-state index contributed by atoms with van der Waals surface area (Å²) in [5.41, 5.74) is 0. The summed E-state index contributed by atoms with van der Waals surface area (Å²) in [7, 11) is -4.13. The SMILES string of the molecule is O=S(=O)(O)COc1ccc(Cl)cc1Br. The van der Waals surface area contributed by atoms with Gasteiger partial charge in [-0.15, -0.1) is 0 Å². The van der Waals surface area contributed by atoms with E-state index in [0.717, 1.165) is 0 Å². The number of hydrogen-bond acceptors (Lipinski definition) is 3. The molecule has 1 aromatic carbocycles. The average molecular weight is 302 g/mol. The molecule has 0 atom stereocenters. The molecular formula is C7H6BrClO4S. The summed E-state index contributed by atoms with van der Waals surface area (Å²) in [5.74, 6) is -0.486. The van der Waals surface area contributed by atoms with Crippen molar-refractivity contribution in [2.45, 2.75) is 0 Å². The van der Waals surface area contributed by atoms with E-state index in [9.17, 15) is 8.42 Å². The fourth-order valence-corrected chi connectivity index (χ4v) is 1.80. The topological polar surface area (TPSA) is 63.6 Å². The minimum atomic E-state index is -4.13. The maximum Gasteiger partial charge on any atom is 0.300 e. The molecule has 0 aromatic heterocycles. The van der Waals surface area contributed by atoms with Crippen molar-refractivity contribution in [3.8, 4) is 5.75 Å². The lowest BCUT2D eigenvalue weighted by molar-refractivity contribution is 0.351. The van der Waals surface area contributed by atoms with Crippen LogP contribution in [0, 0.1) is 0 Å². The maximum absolute atomic E-state index is 10.4. The standard InChI is InChI=1S/C7H6BrClO4S/c8-6-3-5(9)1-2-7(6)13-4-14(10,11)12/h1-3H,4H2,(H,10,11,12). The van der Waals surface area contributed by atoms with Gasteiger partial charge in [0.1, 0.15) is 5.75 Å². The summed E-state index contributed by atoms with van der Waals surface area (Å²) < 4.78 is 34.5. The Morgan fingerprint density at radius 1 is 1.50 bits per heavy atom. The zero-order chi connectivity index (χ0) is 10.8. The van der Waals surface area contributed by atoms with Gasteiger partial charge in [-0.25, -0.2) is 0 Å². The molecule has 0 aliphatic heterocycles. The lowest BCUT2D eigenvalue weighted by Crippen LogP contribution is -2.10. The Morgan fingerprint density at radius 2 is 2.14 bits per heavy atom. The van der Waals surface area contributed by atoms with Crippen LogP contribution in [-0.4, -0.2) is 18.9 Å². The van der Waals surface area contributed by atoms with Gasteiger partial charge in [0.05, 0.1) is 4.47 Å². The molecule has 4 nitrogen and oxygen atoms in total. The Morgan fingerprint density at radius 3 is 2.64 bits per heavy atom. The molecule has 0 unspecified atom stereocenters. The fraction of sp³-hybridized carbons (Fsp3) is 0.143. The van der Waals surface area contributed by atoms with Crippen molar-refractivity contribution in [1.29, 1.82) is 0 Å². The Labute approximate surface area is 94.7 Å². The predicted octanol–water partition coefficient (Wildman–Crippen LogP) is 2.33. The summed E-state index contributed by atoms with van der Waals surface area (Å²) in [6.07, 6.45) is 0. The molecule has 0 heterocycles. The van der Waals surface area contributed by atoms with Crippen molar-refractivity contribution < 1.29 is 17.7 Å². The zero-order valence-electron chi connectivity index (χ0n) is 6.78. The summed E-state index contributed by atoms with van der Waals surface area (Å²) in [4.78, 5) is 0. The highest BCUT2D eigenvalue weighted by atomic mass is 79.9. The largest absolute Gasteiger partial charge is 0.474 e. The Bertz CT molecular complexity index is 431. The van der Waals surface area contributed by atoms with Gasteiger partial charge in [-0.05, 0) is 34.1 Å². The molecular weight excluding hydrogens is 295 g/mol. The van der Waals surface area contributed by atoms with Crippen LogP contribution in [0.4, 0.5) is 0 Å². The summed E-state index contributed by atoms with van der Waals surface area (Å²) in [5, 5.41) is 0.496. The number of halogens is 2. The quantitative estimate of drug-likeness (QED) is 0.870. The van der Waals surface area contributed by atoms with Gasteiger partial charge < -0.3 is 4.74 Å². The Balaban J connectivity index is 2.78. The van der Waals surface area contributed by atoms with E-state index in [-0.39, 0.29) is 0 Å². The van der Waals surface area contributed by atoms with Gasteiger partial charge in [0, 0.05) is 5.02 Å². The van der Waals surface area contributed by atoms with Gasteiger partial charge in [-0.2, -0.15) is 8.42 Å². The molecule has 1 rings (SSSR count). The van der Waals surface area contributed by atoms with E-state index < -0.39 is 16.1 Å². The fourth-order valence-electron chi connectivity index (χ4n) is 0.730. The lowest BCUT2D eigenvalue weighted by atomic mass is 10.3. The number of rotatable bonds is 3. The monoisotopic (exact) mass is 300 g/mol. The van der Waals surface area contributed by atoms with Crippen molar-refractivity contribution in [3.05, 3.63) is 27.7 Å². The van der Waals surface area contributed by atoms with E-state index in [1.807, 2.05) is 0 Å². The van der Waals surface area contributed by atoms with Crippen molar-refractivity contribution >= 4 is 37.6 Å². The normalized spacial score (nSPS) is 11.4. The van der Waals surface area contributed by atoms with Crippen molar-refractivity contribution in [2.75, 3.05) is 5.94 Å². The first-order valence-electron chi connectivity index (χ1n) is 3.41. The molecule has 0 bridgehead atoms. The molecule has 0 saturated heterocycles. The highest BCUT2D eigenvalue weighted by Crippen LogP contribution is 2.27. The van der Waals surface area contributed by atoms with E-state index in [1.165, 1.54) is 6.07 Å². The second kappa shape index (κ2) is 4.48. The second-order valence-electron chi connectivity index (χ2n) is 2.42. The van der Waals surface area contributed by atoms with Crippen LogP contribution in [0.15, 0.2) is 22.7 Å². The summed E-state index contributed by atoms with van der Waals surface area (Å²) in [6, 6.07) is 4.60. The van der Waals surface area contributed by atoms with Crippen molar-refractivity contribution in [2.24, 2.45) is 0 Å². The third-order valence-corrected chi connectivity index (χ3v) is 2.53. The van der Waals surface area contributed by atoms with Crippen molar-refractivity contribution in [1.82, 2.24) is 0 Å². The second-order valence-corrected chi connectivity index (χ2v) is 5.11. The van der Waals surface area contributed by atoms with Crippen LogP contribution < -0.4 is 4.74 Å². The van der Waals surface area contributed by atoms with E-state index >= 15 is 0 Å². The van der Waals surface area contributed by atoms with E-state index in [1.54, 1.807) is 12.1 Å². The Kier molecular flexibility index (Phi) is 3.77. The molecule has 14 heavy (non-hydrogen) atoms. The molecule has 0 radical (unpaired) electrons. The first kappa shape index (κ1) is 11.8. The molecule has 78 valence electrons. The van der Waals surface area contributed by atoms with E-state index in [2.05, 4.69) is 15.9 Å². The molecule has 1 aromatic rings. The van der Waals surface area contributed by atoms with Crippen LogP contribution >= 0.6 is 27.5 Å². The van der Waals surface area contributed by atoms with E-state index in [4.69, 9.17) is 20.9 Å². The van der Waals surface area contributed by atoms with Gasteiger partial charge in [0.15, 0.2) is 0 Å². The highest BCUT2D eigenvalue weighted by molar-refractivity contribution is 9.10. The Hall–Kier alpha value is -0.300. The zero-order valence-corrected chi connectivity index (χ0v) is 9.93. The van der Waals surface area contributed by atoms with Gasteiger partial charge in [-0.1, -0.05) is 11.6 Å². The number of benzene rings is 1. The van der Waals surface area contributed by atoms with Crippen LogP contribution in [0.1, 0.15) is 0 Å². The number of ether oxygens (including phenoxy) is 1. The smallest absolute Gasteiger partial charge is 0.300 e. The first-order chi connectivity index (χ1) is 6.38.